The molecule has 3 nitrogen and oxygen atoms in total. The molecule has 0 saturated heterocycles. The number of carbonyl (C=O) groups excluding carboxylic acids is 1. The SMILES string of the molecule is C=CNC(=O)c1nsc2ccccc12. The summed E-state index contributed by atoms with van der Waals surface area (Å²) in [4.78, 5) is 11.5. The molecular weight excluding hydrogens is 196 g/mol. The third-order valence-corrected chi connectivity index (χ3v) is 2.65. The maximum absolute atomic E-state index is 11.5. The van der Waals surface area contributed by atoms with Crippen LogP contribution in [0.5, 0.6) is 0 Å². The van der Waals surface area contributed by atoms with Gasteiger partial charge >= 0.3 is 0 Å². The molecule has 0 atom stereocenters. The van der Waals surface area contributed by atoms with Crippen LogP contribution in [0.4, 0.5) is 0 Å². The maximum atomic E-state index is 11.5. The number of fused-ring (bicyclic) bond motifs is 1. The van der Waals surface area contributed by atoms with E-state index in [2.05, 4.69) is 16.3 Å². The summed E-state index contributed by atoms with van der Waals surface area (Å²) < 4.78 is 5.11. The molecule has 0 aliphatic carbocycles. The van der Waals surface area contributed by atoms with Crippen molar-refractivity contribution in [2.75, 3.05) is 0 Å². The topological polar surface area (TPSA) is 42.0 Å². The Labute approximate surface area is 85.2 Å². The fourth-order valence-corrected chi connectivity index (χ4v) is 1.98. The second kappa shape index (κ2) is 3.59. The monoisotopic (exact) mass is 204 g/mol. The second-order valence-corrected chi connectivity index (χ2v) is 3.51. The lowest BCUT2D eigenvalue weighted by molar-refractivity contribution is 0.0968. The van der Waals surface area contributed by atoms with Crippen molar-refractivity contribution < 1.29 is 4.79 Å². The minimum absolute atomic E-state index is 0.211. The summed E-state index contributed by atoms with van der Waals surface area (Å²) in [5.41, 5.74) is 0.463. The van der Waals surface area contributed by atoms with E-state index in [0.29, 0.717) is 5.69 Å². The minimum Gasteiger partial charge on any atom is -0.328 e. The number of amides is 1. The molecule has 0 fully saturated rings. The van der Waals surface area contributed by atoms with E-state index in [-0.39, 0.29) is 5.91 Å². The van der Waals surface area contributed by atoms with Crippen LogP contribution in [0, 0.1) is 0 Å². The van der Waals surface area contributed by atoms with Gasteiger partial charge in [-0.2, -0.15) is 4.37 Å². The molecule has 2 rings (SSSR count). The van der Waals surface area contributed by atoms with E-state index >= 15 is 0 Å². The third-order valence-electron chi connectivity index (χ3n) is 1.83. The number of aromatic nitrogens is 1. The van der Waals surface area contributed by atoms with Crippen LogP contribution in [0.1, 0.15) is 10.5 Å². The summed E-state index contributed by atoms with van der Waals surface area (Å²) in [6.45, 7) is 3.43. The lowest BCUT2D eigenvalue weighted by Gasteiger charge is -1.95. The second-order valence-electron chi connectivity index (χ2n) is 2.70. The zero-order valence-electron chi connectivity index (χ0n) is 7.36. The number of nitrogens with one attached hydrogen (secondary N) is 1. The van der Waals surface area contributed by atoms with Crippen molar-refractivity contribution in [2.24, 2.45) is 0 Å². The average Bonchev–Trinajstić information content (AvgIpc) is 2.61. The largest absolute Gasteiger partial charge is 0.328 e. The van der Waals surface area contributed by atoms with Crippen LogP contribution in [0.2, 0.25) is 0 Å². The minimum atomic E-state index is -0.211. The van der Waals surface area contributed by atoms with Crippen molar-refractivity contribution in [3.8, 4) is 0 Å². The molecule has 0 spiro atoms. The van der Waals surface area contributed by atoms with Gasteiger partial charge in [-0.15, -0.1) is 0 Å². The van der Waals surface area contributed by atoms with Gasteiger partial charge < -0.3 is 5.32 Å². The Morgan fingerprint density at radius 1 is 1.50 bits per heavy atom. The van der Waals surface area contributed by atoms with Gasteiger partial charge in [-0.05, 0) is 23.8 Å². The zero-order valence-corrected chi connectivity index (χ0v) is 8.17. The molecule has 1 heterocycles. The quantitative estimate of drug-likeness (QED) is 0.814. The molecule has 0 unspecified atom stereocenters. The summed E-state index contributed by atoms with van der Waals surface area (Å²) in [5, 5.41) is 3.40. The maximum Gasteiger partial charge on any atom is 0.275 e. The first-order valence-corrected chi connectivity index (χ1v) is 4.86. The molecule has 0 radical (unpaired) electrons. The first-order valence-electron chi connectivity index (χ1n) is 4.09. The van der Waals surface area contributed by atoms with E-state index in [9.17, 15) is 4.79 Å². The van der Waals surface area contributed by atoms with Crippen molar-refractivity contribution in [3.63, 3.8) is 0 Å². The van der Waals surface area contributed by atoms with Crippen molar-refractivity contribution in [1.82, 2.24) is 9.69 Å². The van der Waals surface area contributed by atoms with E-state index in [0.717, 1.165) is 10.1 Å². The fraction of sp³-hybridized carbons (Fsp3) is 0. The van der Waals surface area contributed by atoms with Gasteiger partial charge in [-0.3, -0.25) is 4.79 Å². The van der Waals surface area contributed by atoms with Gasteiger partial charge in [0.2, 0.25) is 0 Å². The van der Waals surface area contributed by atoms with Crippen LogP contribution >= 0.6 is 11.5 Å². The first kappa shape index (κ1) is 8.90. The van der Waals surface area contributed by atoms with Crippen molar-refractivity contribution >= 4 is 27.5 Å². The van der Waals surface area contributed by atoms with Gasteiger partial charge in [0, 0.05) is 5.39 Å². The highest BCUT2D eigenvalue weighted by molar-refractivity contribution is 7.13. The predicted octanol–water partition coefficient (Wildman–Crippen LogP) is 2.17. The summed E-state index contributed by atoms with van der Waals surface area (Å²) in [6, 6.07) is 7.64. The van der Waals surface area contributed by atoms with Crippen molar-refractivity contribution in [1.29, 1.82) is 0 Å². The third kappa shape index (κ3) is 1.40. The van der Waals surface area contributed by atoms with E-state index in [1.54, 1.807) is 0 Å². The van der Waals surface area contributed by atoms with Crippen LogP contribution in [-0.4, -0.2) is 10.3 Å². The molecule has 14 heavy (non-hydrogen) atoms. The molecule has 0 aliphatic rings. The molecule has 2 aromatic rings. The lowest BCUT2D eigenvalue weighted by atomic mass is 10.2. The highest BCUT2D eigenvalue weighted by Gasteiger charge is 2.11. The van der Waals surface area contributed by atoms with Crippen LogP contribution in [0.15, 0.2) is 37.0 Å². The number of hydrogen-bond acceptors (Lipinski definition) is 3. The first-order chi connectivity index (χ1) is 6.83. The average molecular weight is 204 g/mol. The molecule has 1 amide bonds. The molecule has 70 valence electrons. The molecule has 1 aromatic heterocycles. The van der Waals surface area contributed by atoms with Gasteiger partial charge in [0.1, 0.15) is 5.69 Å². The van der Waals surface area contributed by atoms with Crippen LogP contribution < -0.4 is 5.32 Å². The Kier molecular flexibility index (Phi) is 2.28. The fourth-order valence-electron chi connectivity index (χ4n) is 1.21. The standard InChI is InChI=1S/C10H8N2OS/c1-2-11-10(13)9-7-5-3-4-6-8(7)14-12-9/h2-6H,1H2,(H,11,13). The van der Waals surface area contributed by atoms with Gasteiger partial charge in [-0.25, -0.2) is 0 Å². The van der Waals surface area contributed by atoms with Gasteiger partial charge in [0.25, 0.3) is 5.91 Å². The zero-order chi connectivity index (χ0) is 9.97. The van der Waals surface area contributed by atoms with Crippen molar-refractivity contribution in [2.45, 2.75) is 0 Å². The molecule has 4 heteroatoms. The molecule has 1 N–H and O–H groups in total. The Bertz CT molecular complexity index is 490. The molecule has 0 aliphatic heterocycles. The predicted molar refractivity (Wildman–Crippen MR) is 57.3 cm³/mol. The Hall–Kier alpha value is -1.68. The van der Waals surface area contributed by atoms with Gasteiger partial charge in [0.15, 0.2) is 0 Å². The van der Waals surface area contributed by atoms with Crippen LogP contribution in [-0.2, 0) is 0 Å². The van der Waals surface area contributed by atoms with Crippen LogP contribution in [0.25, 0.3) is 10.1 Å². The molecule has 0 bridgehead atoms. The van der Waals surface area contributed by atoms with Crippen LogP contribution in [0.3, 0.4) is 0 Å². The summed E-state index contributed by atoms with van der Waals surface area (Å²) in [7, 11) is 0. The number of benzene rings is 1. The summed E-state index contributed by atoms with van der Waals surface area (Å²) >= 11 is 1.32. The van der Waals surface area contributed by atoms with Gasteiger partial charge in [0.05, 0.1) is 4.70 Å². The molecule has 0 saturated carbocycles. The van der Waals surface area contributed by atoms with E-state index < -0.39 is 0 Å². The number of hydrogen-bond donors (Lipinski definition) is 1. The Morgan fingerprint density at radius 2 is 2.29 bits per heavy atom. The Morgan fingerprint density at radius 3 is 3.07 bits per heavy atom. The number of nitrogens with zero attached hydrogens (tertiary/aromatic N) is 1. The number of rotatable bonds is 2. The summed E-state index contributed by atoms with van der Waals surface area (Å²) in [6.07, 6.45) is 1.36. The smallest absolute Gasteiger partial charge is 0.275 e. The van der Waals surface area contributed by atoms with E-state index in [1.165, 1.54) is 17.7 Å². The normalized spacial score (nSPS) is 10.0. The summed E-state index contributed by atoms with van der Waals surface area (Å²) in [5.74, 6) is -0.211. The molecular formula is C10H8N2OS. The van der Waals surface area contributed by atoms with E-state index in [4.69, 9.17) is 0 Å². The lowest BCUT2D eigenvalue weighted by Crippen LogP contribution is -2.16. The number of carbonyl (C=O) groups is 1. The highest BCUT2D eigenvalue weighted by atomic mass is 32.1. The van der Waals surface area contributed by atoms with E-state index in [1.807, 2.05) is 24.3 Å². The highest BCUT2D eigenvalue weighted by Crippen LogP contribution is 2.21. The Balaban J connectivity index is 2.52. The molecule has 1 aromatic carbocycles. The van der Waals surface area contributed by atoms with Gasteiger partial charge in [-0.1, -0.05) is 24.8 Å². The van der Waals surface area contributed by atoms with Crippen molar-refractivity contribution in [3.05, 3.63) is 42.7 Å².